The van der Waals surface area contributed by atoms with Crippen molar-refractivity contribution in [3.63, 3.8) is 0 Å². The minimum atomic E-state index is -5.08. The number of alkyl halides is 3. The fourth-order valence-electron chi connectivity index (χ4n) is 3.35. The molecule has 0 fully saturated rings. The van der Waals surface area contributed by atoms with Gasteiger partial charge in [0.05, 0.1) is 19.6 Å². The predicted octanol–water partition coefficient (Wildman–Crippen LogP) is 2.84. The molecule has 0 radical (unpaired) electrons. The smallest absolute Gasteiger partial charge is 0.481 e. The molecule has 3 rings (SSSR count). The van der Waals surface area contributed by atoms with Crippen LogP contribution in [0, 0.1) is 5.41 Å². The second-order valence-electron chi connectivity index (χ2n) is 7.89. The Hall–Kier alpha value is -3.93. The van der Waals surface area contributed by atoms with Gasteiger partial charge in [0, 0.05) is 24.2 Å². The van der Waals surface area contributed by atoms with Crippen molar-refractivity contribution in [3.8, 4) is 0 Å². The van der Waals surface area contributed by atoms with Gasteiger partial charge in [0.15, 0.2) is 0 Å². The van der Waals surface area contributed by atoms with Crippen molar-refractivity contribution >= 4 is 23.7 Å². The number of nitrogen functional groups attached to an aromatic ring is 1. The number of amides is 1. The number of aliphatic carboxylic acids is 2. The first-order chi connectivity index (χ1) is 16.9. The van der Waals surface area contributed by atoms with Gasteiger partial charge in [0.2, 0.25) is 0 Å². The molecular formula is C24H26F3N3O6. The molecule has 0 unspecified atom stereocenters. The summed E-state index contributed by atoms with van der Waals surface area (Å²) in [7, 11) is 0. The summed E-state index contributed by atoms with van der Waals surface area (Å²) in [5.41, 5.74) is 9.95. The van der Waals surface area contributed by atoms with Crippen LogP contribution in [0.2, 0.25) is 0 Å². The highest BCUT2D eigenvalue weighted by Gasteiger charge is 2.38. The third kappa shape index (κ3) is 8.69. The molecule has 1 aliphatic heterocycles. The maximum absolute atomic E-state index is 12.5. The van der Waals surface area contributed by atoms with Crippen LogP contribution >= 0.6 is 0 Å². The zero-order valence-corrected chi connectivity index (χ0v) is 19.2. The molecule has 2 aromatic carbocycles. The summed E-state index contributed by atoms with van der Waals surface area (Å²) in [5.74, 6) is -3.70. The van der Waals surface area contributed by atoms with Gasteiger partial charge in [0.25, 0.3) is 5.91 Å². The summed E-state index contributed by atoms with van der Waals surface area (Å²) < 4.78 is 37.5. The van der Waals surface area contributed by atoms with E-state index >= 15 is 0 Å². The Morgan fingerprint density at radius 3 is 2.25 bits per heavy atom. The number of carboxylic acids is 2. The van der Waals surface area contributed by atoms with E-state index in [0.717, 1.165) is 29.5 Å². The van der Waals surface area contributed by atoms with Crippen LogP contribution in [0.4, 0.5) is 13.2 Å². The number of amidine groups is 1. The number of carbonyl (C=O) groups excluding carboxylic acids is 1. The number of ether oxygens (including phenoxy) is 1. The number of nitrogens with zero attached hydrogens (tertiary/aromatic N) is 1. The molecule has 36 heavy (non-hydrogen) atoms. The monoisotopic (exact) mass is 509 g/mol. The minimum Gasteiger partial charge on any atom is -0.481 e. The first-order valence-electron chi connectivity index (χ1n) is 10.8. The molecular weight excluding hydrogens is 483 g/mol. The standard InChI is InChI=1S/C22H25N3O4.C2HF3O2/c23-21(24)17-4-1-16(2-5-17)14-29-12-9-15-3-6-19-18(13-15)7-10-25(22(19)28)11-8-20(26)27;3-2(4,5)1(6)7/h1-6,13H,7-12,14H2,(H3,23,24)(H,26,27);(H,6,7). The average molecular weight is 509 g/mol. The van der Waals surface area contributed by atoms with Gasteiger partial charge in [-0.05, 0) is 35.6 Å². The van der Waals surface area contributed by atoms with E-state index in [9.17, 15) is 22.8 Å². The Kier molecular flexibility index (Phi) is 9.97. The summed E-state index contributed by atoms with van der Waals surface area (Å²) in [6.07, 6.45) is -3.64. The van der Waals surface area contributed by atoms with E-state index < -0.39 is 18.1 Å². The highest BCUT2D eigenvalue weighted by molar-refractivity contribution is 5.97. The lowest BCUT2D eigenvalue weighted by molar-refractivity contribution is -0.192. The Morgan fingerprint density at radius 1 is 1.08 bits per heavy atom. The van der Waals surface area contributed by atoms with Crippen LogP contribution in [-0.2, 0) is 33.8 Å². The number of carboxylic acid groups (broad SMARTS) is 2. The summed E-state index contributed by atoms with van der Waals surface area (Å²) in [5, 5.41) is 23.3. The molecule has 12 heteroatoms. The number of hydrogen-bond donors (Lipinski definition) is 4. The van der Waals surface area contributed by atoms with Crippen molar-refractivity contribution in [1.29, 1.82) is 5.41 Å². The molecule has 0 spiro atoms. The molecule has 0 bridgehead atoms. The van der Waals surface area contributed by atoms with E-state index in [1.165, 1.54) is 0 Å². The molecule has 9 nitrogen and oxygen atoms in total. The summed E-state index contributed by atoms with van der Waals surface area (Å²) in [6, 6.07) is 13.2. The number of fused-ring (bicyclic) bond motifs is 1. The number of rotatable bonds is 9. The van der Waals surface area contributed by atoms with Crippen molar-refractivity contribution in [2.24, 2.45) is 5.73 Å². The number of nitrogens with one attached hydrogen (secondary N) is 1. The second kappa shape index (κ2) is 12.7. The van der Waals surface area contributed by atoms with Crippen LogP contribution in [0.15, 0.2) is 42.5 Å². The molecule has 0 aromatic heterocycles. The quantitative estimate of drug-likeness (QED) is 0.230. The lowest BCUT2D eigenvalue weighted by Gasteiger charge is -2.28. The minimum absolute atomic E-state index is 0.0338. The van der Waals surface area contributed by atoms with E-state index in [0.29, 0.717) is 30.9 Å². The SMILES string of the molecule is N=C(N)c1ccc(COCCc2ccc3c(c2)CCN(CCC(=O)O)C3=O)cc1.O=C(O)C(F)(F)F. The van der Waals surface area contributed by atoms with Crippen molar-refractivity contribution in [3.05, 3.63) is 70.3 Å². The van der Waals surface area contributed by atoms with Crippen molar-refractivity contribution in [2.75, 3.05) is 19.7 Å². The van der Waals surface area contributed by atoms with Crippen LogP contribution in [0.1, 0.15) is 39.0 Å². The van der Waals surface area contributed by atoms with Crippen molar-refractivity contribution in [2.45, 2.75) is 32.0 Å². The molecule has 194 valence electrons. The van der Waals surface area contributed by atoms with Gasteiger partial charge in [-0.25, -0.2) is 4.79 Å². The summed E-state index contributed by atoms with van der Waals surface area (Å²) >= 11 is 0. The lowest BCUT2D eigenvalue weighted by atomic mass is 9.95. The third-order valence-corrected chi connectivity index (χ3v) is 5.25. The van der Waals surface area contributed by atoms with Gasteiger partial charge in [-0.15, -0.1) is 0 Å². The van der Waals surface area contributed by atoms with Gasteiger partial charge >= 0.3 is 18.1 Å². The number of hydrogen-bond acceptors (Lipinski definition) is 5. The van der Waals surface area contributed by atoms with Crippen molar-refractivity contribution < 1.29 is 42.5 Å². The Balaban J connectivity index is 0.000000572. The topological polar surface area (TPSA) is 154 Å². The van der Waals surface area contributed by atoms with Crippen LogP contribution in [0.25, 0.3) is 0 Å². The van der Waals surface area contributed by atoms with Crippen LogP contribution in [0.3, 0.4) is 0 Å². The second-order valence-corrected chi connectivity index (χ2v) is 7.89. The van der Waals surface area contributed by atoms with Gasteiger partial charge in [0.1, 0.15) is 5.84 Å². The van der Waals surface area contributed by atoms with Crippen LogP contribution < -0.4 is 5.73 Å². The Morgan fingerprint density at radius 2 is 1.69 bits per heavy atom. The summed E-state index contributed by atoms with van der Waals surface area (Å²) in [4.78, 5) is 33.7. The fraction of sp³-hybridized carbons (Fsp3) is 0.333. The largest absolute Gasteiger partial charge is 0.490 e. The van der Waals surface area contributed by atoms with E-state index in [1.807, 2.05) is 30.3 Å². The first-order valence-corrected chi connectivity index (χ1v) is 10.8. The molecule has 0 saturated heterocycles. The summed E-state index contributed by atoms with van der Waals surface area (Å²) in [6.45, 7) is 1.85. The Bertz CT molecular complexity index is 1100. The van der Waals surface area contributed by atoms with Crippen molar-refractivity contribution in [1.82, 2.24) is 4.90 Å². The number of benzene rings is 2. The normalized spacial score (nSPS) is 12.9. The van der Waals surface area contributed by atoms with Crippen LogP contribution in [0.5, 0.6) is 0 Å². The zero-order valence-electron chi connectivity index (χ0n) is 19.2. The highest BCUT2D eigenvalue weighted by Crippen LogP contribution is 2.21. The van der Waals surface area contributed by atoms with E-state index in [-0.39, 0.29) is 24.7 Å². The van der Waals surface area contributed by atoms with E-state index in [4.69, 9.17) is 30.9 Å². The fourth-order valence-corrected chi connectivity index (χ4v) is 3.35. The molecule has 0 saturated carbocycles. The molecule has 2 aromatic rings. The molecule has 1 heterocycles. The average Bonchev–Trinajstić information content (AvgIpc) is 2.81. The predicted molar refractivity (Wildman–Crippen MR) is 123 cm³/mol. The lowest BCUT2D eigenvalue weighted by Crippen LogP contribution is -2.38. The third-order valence-electron chi connectivity index (χ3n) is 5.25. The molecule has 1 aliphatic rings. The first kappa shape index (κ1) is 28.3. The maximum Gasteiger partial charge on any atom is 0.490 e. The molecule has 0 aliphatic carbocycles. The Labute approximate surface area is 204 Å². The zero-order chi connectivity index (χ0) is 26.9. The van der Waals surface area contributed by atoms with Gasteiger partial charge in [-0.2, -0.15) is 13.2 Å². The van der Waals surface area contributed by atoms with Gasteiger partial charge < -0.3 is 25.6 Å². The molecule has 0 atom stereocenters. The molecule has 5 N–H and O–H groups in total. The van der Waals surface area contributed by atoms with E-state index in [2.05, 4.69) is 0 Å². The number of halogens is 3. The van der Waals surface area contributed by atoms with Gasteiger partial charge in [-0.1, -0.05) is 36.4 Å². The molecule has 1 amide bonds. The van der Waals surface area contributed by atoms with E-state index in [1.54, 1.807) is 17.0 Å². The maximum atomic E-state index is 12.5. The number of carbonyl (C=O) groups is 3. The van der Waals surface area contributed by atoms with Gasteiger partial charge in [-0.3, -0.25) is 15.0 Å². The number of nitrogens with two attached hydrogens (primary N) is 1. The highest BCUT2D eigenvalue weighted by atomic mass is 19.4. The van der Waals surface area contributed by atoms with Crippen LogP contribution in [-0.4, -0.2) is 64.7 Å².